The summed E-state index contributed by atoms with van der Waals surface area (Å²) in [5, 5.41) is 3.38. The number of halogens is 2. The van der Waals surface area contributed by atoms with Gasteiger partial charge in [0.25, 0.3) is 0 Å². The highest BCUT2D eigenvalue weighted by molar-refractivity contribution is 9.10. The van der Waals surface area contributed by atoms with Crippen LogP contribution in [0.5, 0.6) is 5.75 Å². The van der Waals surface area contributed by atoms with Crippen molar-refractivity contribution in [2.24, 2.45) is 0 Å². The molecule has 0 spiro atoms. The standard InChI is InChI=1S/C16H15BrClNO2/c1-11-10-12(6-7-13(11)17)19-16(20)8-9-21-15-5-3-2-4-14(15)18/h2-7,10H,8-9H2,1H3,(H,19,20). The summed E-state index contributed by atoms with van der Waals surface area (Å²) in [6.07, 6.45) is 0.264. The molecule has 0 bridgehead atoms. The lowest BCUT2D eigenvalue weighted by Gasteiger charge is -2.09. The van der Waals surface area contributed by atoms with Gasteiger partial charge in [-0.1, -0.05) is 39.7 Å². The van der Waals surface area contributed by atoms with Gasteiger partial charge in [-0.3, -0.25) is 4.79 Å². The van der Waals surface area contributed by atoms with Crippen LogP contribution in [0, 0.1) is 6.92 Å². The van der Waals surface area contributed by atoms with E-state index >= 15 is 0 Å². The van der Waals surface area contributed by atoms with Crippen LogP contribution in [0.3, 0.4) is 0 Å². The van der Waals surface area contributed by atoms with Crippen LogP contribution >= 0.6 is 27.5 Å². The first kappa shape index (κ1) is 15.9. The Labute approximate surface area is 137 Å². The fraction of sp³-hybridized carbons (Fsp3) is 0.188. The first-order valence-corrected chi connectivity index (χ1v) is 7.66. The van der Waals surface area contributed by atoms with E-state index < -0.39 is 0 Å². The molecule has 2 aromatic rings. The molecule has 2 aromatic carbocycles. The van der Waals surface area contributed by atoms with Crippen molar-refractivity contribution in [3.8, 4) is 5.75 Å². The molecule has 0 aliphatic rings. The number of amides is 1. The largest absolute Gasteiger partial charge is 0.491 e. The van der Waals surface area contributed by atoms with E-state index in [2.05, 4.69) is 21.2 Å². The van der Waals surface area contributed by atoms with Crippen LogP contribution in [0.4, 0.5) is 5.69 Å². The number of hydrogen-bond acceptors (Lipinski definition) is 2. The van der Waals surface area contributed by atoms with Gasteiger partial charge in [0.2, 0.25) is 5.91 Å². The molecule has 110 valence electrons. The number of hydrogen-bond donors (Lipinski definition) is 1. The topological polar surface area (TPSA) is 38.3 Å². The zero-order valence-corrected chi connectivity index (χ0v) is 13.9. The maximum Gasteiger partial charge on any atom is 0.227 e. The molecule has 0 aliphatic heterocycles. The molecular formula is C16H15BrClNO2. The molecule has 1 N–H and O–H groups in total. The van der Waals surface area contributed by atoms with Crippen LogP contribution in [-0.2, 0) is 4.79 Å². The van der Waals surface area contributed by atoms with Gasteiger partial charge in [-0.15, -0.1) is 0 Å². The lowest BCUT2D eigenvalue weighted by atomic mass is 10.2. The Kier molecular flexibility index (Phi) is 5.65. The number of benzene rings is 2. The highest BCUT2D eigenvalue weighted by Gasteiger charge is 2.05. The van der Waals surface area contributed by atoms with Crippen LogP contribution in [0.1, 0.15) is 12.0 Å². The Morgan fingerprint density at radius 2 is 2.05 bits per heavy atom. The van der Waals surface area contributed by atoms with Gasteiger partial charge in [0.1, 0.15) is 5.75 Å². The van der Waals surface area contributed by atoms with Crippen molar-refractivity contribution in [1.29, 1.82) is 0 Å². The van der Waals surface area contributed by atoms with E-state index in [9.17, 15) is 4.79 Å². The van der Waals surface area contributed by atoms with Gasteiger partial charge in [0.15, 0.2) is 0 Å². The minimum Gasteiger partial charge on any atom is -0.491 e. The van der Waals surface area contributed by atoms with Gasteiger partial charge < -0.3 is 10.1 Å². The van der Waals surface area contributed by atoms with Crippen molar-refractivity contribution < 1.29 is 9.53 Å². The van der Waals surface area contributed by atoms with E-state index in [4.69, 9.17) is 16.3 Å². The third kappa shape index (κ3) is 4.76. The molecule has 5 heteroatoms. The van der Waals surface area contributed by atoms with E-state index in [-0.39, 0.29) is 18.9 Å². The van der Waals surface area contributed by atoms with E-state index in [1.807, 2.05) is 37.3 Å². The summed E-state index contributed by atoms with van der Waals surface area (Å²) in [6, 6.07) is 12.9. The smallest absolute Gasteiger partial charge is 0.227 e. The molecule has 0 unspecified atom stereocenters. The SMILES string of the molecule is Cc1cc(NC(=O)CCOc2ccccc2Cl)ccc1Br. The highest BCUT2D eigenvalue weighted by atomic mass is 79.9. The van der Waals surface area contributed by atoms with Gasteiger partial charge >= 0.3 is 0 Å². The predicted molar refractivity (Wildman–Crippen MR) is 89.1 cm³/mol. The number of carbonyl (C=O) groups is 1. The normalized spacial score (nSPS) is 10.2. The van der Waals surface area contributed by atoms with E-state index in [1.165, 1.54) is 0 Å². The molecule has 0 radical (unpaired) electrons. The molecular weight excluding hydrogens is 354 g/mol. The fourth-order valence-corrected chi connectivity index (χ4v) is 2.20. The summed E-state index contributed by atoms with van der Waals surface area (Å²) in [7, 11) is 0. The van der Waals surface area contributed by atoms with Crippen LogP contribution in [0.25, 0.3) is 0 Å². The van der Waals surface area contributed by atoms with E-state index in [0.717, 1.165) is 15.7 Å². The van der Waals surface area contributed by atoms with Gasteiger partial charge in [0, 0.05) is 10.2 Å². The first-order chi connectivity index (χ1) is 10.1. The number of ether oxygens (including phenoxy) is 1. The highest BCUT2D eigenvalue weighted by Crippen LogP contribution is 2.23. The number of rotatable bonds is 5. The summed E-state index contributed by atoms with van der Waals surface area (Å²) in [5.41, 5.74) is 1.85. The third-order valence-corrected chi connectivity index (χ3v) is 4.07. The van der Waals surface area contributed by atoms with Crippen LogP contribution in [0.15, 0.2) is 46.9 Å². The molecule has 1 amide bonds. The molecule has 0 saturated heterocycles. The van der Waals surface area contributed by atoms with Gasteiger partial charge in [-0.25, -0.2) is 0 Å². The number of carbonyl (C=O) groups excluding carboxylic acids is 1. The number of anilines is 1. The molecule has 0 aromatic heterocycles. The molecule has 0 fully saturated rings. The Hall–Kier alpha value is -1.52. The maximum absolute atomic E-state index is 11.8. The van der Waals surface area contributed by atoms with Crippen molar-refractivity contribution in [2.75, 3.05) is 11.9 Å². The van der Waals surface area contributed by atoms with E-state index in [0.29, 0.717) is 10.8 Å². The van der Waals surface area contributed by atoms with Crippen molar-refractivity contribution >= 4 is 39.1 Å². The average Bonchev–Trinajstić information content (AvgIpc) is 2.45. The molecule has 0 saturated carbocycles. The molecule has 21 heavy (non-hydrogen) atoms. The number of nitrogens with one attached hydrogen (secondary N) is 1. The van der Waals surface area contributed by atoms with Crippen LogP contribution in [-0.4, -0.2) is 12.5 Å². The van der Waals surface area contributed by atoms with Crippen LogP contribution < -0.4 is 10.1 Å². The second-order valence-corrected chi connectivity index (χ2v) is 5.80. The van der Waals surface area contributed by atoms with Crippen molar-refractivity contribution in [3.05, 3.63) is 57.5 Å². The number of aryl methyl sites for hydroxylation is 1. The molecule has 0 atom stereocenters. The number of para-hydroxylation sites is 1. The Balaban J connectivity index is 1.82. The van der Waals surface area contributed by atoms with Crippen molar-refractivity contribution in [2.45, 2.75) is 13.3 Å². The summed E-state index contributed by atoms with van der Waals surface area (Å²) >= 11 is 9.40. The summed E-state index contributed by atoms with van der Waals surface area (Å²) in [4.78, 5) is 11.8. The molecule has 2 rings (SSSR count). The van der Waals surface area contributed by atoms with Crippen molar-refractivity contribution in [3.63, 3.8) is 0 Å². The fourth-order valence-electron chi connectivity index (χ4n) is 1.76. The van der Waals surface area contributed by atoms with Gasteiger partial charge in [-0.05, 0) is 42.8 Å². The predicted octanol–water partition coefficient (Wildman–Crippen LogP) is 4.82. The zero-order valence-electron chi connectivity index (χ0n) is 11.5. The lowest BCUT2D eigenvalue weighted by Crippen LogP contribution is -2.15. The lowest BCUT2D eigenvalue weighted by molar-refractivity contribution is -0.116. The maximum atomic E-state index is 11.8. The van der Waals surface area contributed by atoms with E-state index in [1.54, 1.807) is 12.1 Å². The molecule has 0 heterocycles. The van der Waals surface area contributed by atoms with Crippen LogP contribution in [0.2, 0.25) is 5.02 Å². The third-order valence-electron chi connectivity index (χ3n) is 2.87. The molecule has 0 aliphatic carbocycles. The molecule has 3 nitrogen and oxygen atoms in total. The zero-order chi connectivity index (χ0) is 15.2. The minimum atomic E-state index is -0.0937. The van der Waals surface area contributed by atoms with Crippen molar-refractivity contribution in [1.82, 2.24) is 0 Å². The quantitative estimate of drug-likeness (QED) is 0.822. The Morgan fingerprint density at radius 1 is 1.29 bits per heavy atom. The second-order valence-electron chi connectivity index (χ2n) is 4.54. The summed E-state index contributed by atoms with van der Waals surface area (Å²) in [6.45, 7) is 2.26. The monoisotopic (exact) mass is 367 g/mol. The summed E-state index contributed by atoms with van der Waals surface area (Å²) < 4.78 is 6.50. The van der Waals surface area contributed by atoms with Gasteiger partial charge in [0.05, 0.1) is 18.1 Å². The Morgan fingerprint density at radius 3 is 2.76 bits per heavy atom. The minimum absolute atomic E-state index is 0.0937. The first-order valence-electron chi connectivity index (χ1n) is 6.49. The average molecular weight is 369 g/mol. The Bertz CT molecular complexity index is 646. The van der Waals surface area contributed by atoms with Gasteiger partial charge in [-0.2, -0.15) is 0 Å². The summed E-state index contributed by atoms with van der Waals surface area (Å²) in [5.74, 6) is 0.496. The second kappa shape index (κ2) is 7.48.